The number of carbonyl (C=O) groups is 3. The van der Waals surface area contributed by atoms with E-state index in [1.54, 1.807) is 19.1 Å². The number of nitrogens with one attached hydrogen (secondary N) is 2. The molecule has 1 aliphatic rings. The van der Waals surface area contributed by atoms with Crippen molar-refractivity contribution in [3.05, 3.63) is 58.9 Å². The summed E-state index contributed by atoms with van der Waals surface area (Å²) in [5.41, 5.74) is 6.55. The van der Waals surface area contributed by atoms with Gasteiger partial charge in [-0.2, -0.15) is 14.6 Å². The number of rotatable bonds is 5. The van der Waals surface area contributed by atoms with Crippen molar-refractivity contribution >= 4 is 23.4 Å². The number of benzene rings is 1. The molecule has 0 bridgehead atoms. The second-order valence-corrected chi connectivity index (χ2v) is 7.37. The quantitative estimate of drug-likeness (QED) is 0.500. The molecule has 0 radical (unpaired) electrons. The van der Waals surface area contributed by atoms with Crippen LogP contribution in [0.25, 0.3) is 5.78 Å². The fraction of sp³-hybridized carbons (Fsp3) is 0.333. The number of ketones is 1. The summed E-state index contributed by atoms with van der Waals surface area (Å²) in [7, 11) is 0. The molecule has 1 aromatic carbocycles. The minimum absolute atomic E-state index is 0.0463. The van der Waals surface area contributed by atoms with E-state index in [4.69, 9.17) is 5.73 Å². The second-order valence-electron chi connectivity index (χ2n) is 7.37. The van der Waals surface area contributed by atoms with E-state index < -0.39 is 5.91 Å². The van der Waals surface area contributed by atoms with E-state index in [1.807, 2.05) is 0 Å². The monoisotopic (exact) mass is 441 g/mol. The van der Waals surface area contributed by atoms with Gasteiger partial charge in [-0.1, -0.05) is 12.1 Å². The lowest BCUT2D eigenvalue weighted by atomic mass is 10.1. The van der Waals surface area contributed by atoms with E-state index in [0.717, 1.165) is 24.9 Å². The Hall–Kier alpha value is -3.73. The minimum Gasteiger partial charge on any atom is -0.368 e. The third-order valence-corrected chi connectivity index (χ3v) is 4.92. The molecule has 0 saturated carbocycles. The molecular weight excluding hydrogens is 417 g/mol. The number of primary amides is 1. The van der Waals surface area contributed by atoms with Gasteiger partial charge in [0.15, 0.2) is 5.78 Å². The zero-order valence-corrected chi connectivity index (χ0v) is 17.8. The summed E-state index contributed by atoms with van der Waals surface area (Å²) < 4.78 is 14.5. The first-order valence-corrected chi connectivity index (χ1v) is 10.0. The molecule has 4 N–H and O–H groups in total. The highest BCUT2D eigenvalue weighted by Gasteiger charge is 2.18. The SMILES string of the molecule is CC(=O)c1cc(C(=O)NCc2ccc(F)c(C)c2)nc2ncnn12.NC(=O)[C@H]1CCCN1. The van der Waals surface area contributed by atoms with Gasteiger partial charge in [0.2, 0.25) is 5.91 Å². The summed E-state index contributed by atoms with van der Waals surface area (Å²) >= 11 is 0. The summed E-state index contributed by atoms with van der Waals surface area (Å²) in [4.78, 5) is 42.4. The molecule has 3 heterocycles. The van der Waals surface area contributed by atoms with E-state index in [2.05, 4.69) is 25.7 Å². The Morgan fingerprint density at radius 1 is 1.31 bits per heavy atom. The van der Waals surface area contributed by atoms with E-state index >= 15 is 0 Å². The Balaban J connectivity index is 0.000000305. The number of fused-ring (bicyclic) bond motifs is 1. The summed E-state index contributed by atoms with van der Waals surface area (Å²) in [6.07, 6.45) is 3.25. The number of nitrogens with two attached hydrogens (primary N) is 1. The van der Waals surface area contributed by atoms with Crippen LogP contribution in [0.15, 0.2) is 30.6 Å². The van der Waals surface area contributed by atoms with E-state index in [9.17, 15) is 18.8 Å². The number of halogens is 1. The van der Waals surface area contributed by atoms with Crippen LogP contribution in [0.1, 0.15) is 51.9 Å². The summed E-state index contributed by atoms with van der Waals surface area (Å²) in [5.74, 6) is -1.05. The number of hydrogen-bond donors (Lipinski definition) is 3. The summed E-state index contributed by atoms with van der Waals surface area (Å²) in [6.45, 7) is 4.18. The number of Topliss-reactive ketones (excluding diaryl/α,β-unsaturated/α-hetero) is 1. The third kappa shape index (κ3) is 5.49. The number of aryl methyl sites for hydroxylation is 1. The molecule has 4 rings (SSSR count). The Bertz CT molecular complexity index is 1160. The number of aromatic nitrogens is 4. The molecule has 3 aromatic rings. The zero-order chi connectivity index (χ0) is 23.3. The molecule has 1 atom stereocenters. The highest BCUT2D eigenvalue weighted by atomic mass is 19.1. The van der Waals surface area contributed by atoms with Crippen molar-refractivity contribution in [2.24, 2.45) is 5.73 Å². The van der Waals surface area contributed by atoms with Gasteiger partial charge < -0.3 is 16.4 Å². The summed E-state index contributed by atoms with van der Waals surface area (Å²) in [6, 6.07) is 5.93. The first-order valence-electron chi connectivity index (χ1n) is 10.0. The molecule has 0 unspecified atom stereocenters. The van der Waals surface area contributed by atoms with Crippen LogP contribution < -0.4 is 16.4 Å². The lowest BCUT2D eigenvalue weighted by Crippen LogP contribution is -2.36. The van der Waals surface area contributed by atoms with Crippen molar-refractivity contribution in [2.45, 2.75) is 39.3 Å². The Morgan fingerprint density at radius 3 is 2.69 bits per heavy atom. The number of carbonyl (C=O) groups excluding carboxylic acids is 3. The first-order chi connectivity index (χ1) is 15.3. The topological polar surface area (TPSA) is 144 Å². The van der Waals surface area contributed by atoms with Crippen molar-refractivity contribution in [3.8, 4) is 0 Å². The molecule has 0 aliphatic carbocycles. The third-order valence-electron chi connectivity index (χ3n) is 4.92. The maximum atomic E-state index is 13.3. The van der Waals surface area contributed by atoms with Crippen molar-refractivity contribution in [1.29, 1.82) is 0 Å². The fourth-order valence-electron chi connectivity index (χ4n) is 3.20. The minimum atomic E-state index is -0.454. The molecule has 10 nitrogen and oxygen atoms in total. The average Bonchev–Trinajstić information content (AvgIpc) is 3.46. The first kappa shape index (κ1) is 22.9. The van der Waals surface area contributed by atoms with Gasteiger partial charge in [0.25, 0.3) is 11.7 Å². The van der Waals surface area contributed by atoms with Gasteiger partial charge in [-0.25, -0.2) is 9.37 Å². The Kier molecular flexibility index (Phi) is 7.21. The molecule has 1 saturated heterocycles. The highest BCUT2D eigenvalue weighted by molar-refractivity contribution is 5.98. The predicted octanol–water partition coefficient (Wildman–Crippen LogP) is 0.928. The number of hydrogen-bond acceptors (Lipinski definition) is 7. The molecule has 2 aromatic heterocycles. The maximum Gasteiger partial charge on any atom is 0.270 e. The molecule has 1 fully saturated rings. The van der Waals surface area contributed by atoms with Crippen LogP contribution in [-0.4, -0.2) is 49.8 Å². The van der Waals surface area contributed by atoms with Crippen LogP contribution in [0, 0.1) is 12.7 Å². The van der Waals surface area contributed by atoms with Gasteiger partial charge in [0.1, 0.15) is 23.5 Å². The normalized spacial score (nSPS) is 15.2. The number of nitrogens with zero attached hydrogens (tertiary/aromatic N) is 4. The van der Waals surface area contributed by atoms with Crippen LogP contribution in [0.5, 0.6) is 0 Å². The van der Waals surface area contributed by atoms with E-state index in [0.29, 0.717) is 5.56 Å². The smallest absolute Gasteiger partial charge is 0.270 e. The molecule has 11 heteroatoms. The zero-order valence-electron chi connectivity index (χ0n) is 17.8. The van der Waals surface area contributed by atoms with Gasteiger partial charge in [-0.05, 0) is 49.6 Å². The van der Waals surface area contributed by atoms with Crippen LogP contribution in [0.3, 0.4) is 0 Å². The lowest BCUT2D eigenvalue weighted by Gasteiger charge is -2.07. The van der Waals surface area contributed by atoms with Crippen molar-refractivity contribution < 1.29 is 18.8 Å². The Labute approximate surface area is 183 Å². The molecule has 168 valence electrons. The average molecular weight is 441 g/mol. The van der Waals surface area contributed by atoms with Gasteiger partial charge in [-0.3, -0.25) is 14.4 Å². The fourth-order valence-corrected chi connectivity index (χ4v) is 3.20. The highest BCUT2D eigenvalue weighted by Crippen LogP contribution is 2.10. The second kappa shape index (κ2) is 10.1. The Morgan fingerprint density at radius 2 is 2.09 bits per heavy atom. The van der Waals surface area contributed by atoms with E-state index in [1.165, 1.54) is 29.9 Å². The maximum absolute atomic E-state index is 13.3. The van der Waals surface area contributed by atoms with Crippen LogP contribution in [0.4, 0.5) is 4.39 Å². The van der Waals surface area contributed by atoms with Gasteiger partial charge in [-0.15, -0.1) is 0 Å². The van der Waals surface area contributed by atoms with Gasteiger partial charge >= 0.3 is 0 Å². The van der Waals surface area contributed by atoms with Crippen LogP contribution in [0.2, 0.25) is 0 Å². The number of amides is 2. The van der Waals surface area contributed by atoms with Gasteiger partial charge in [0, 0.05) is 13.5 Å². The van der Waals surface area contributed by atoms with Gasteiger partial charge in [0.05, 0.1) is 6.04 Å². The van der Waals surface area contributed by atoms with Crippen LogP contribution in [-0.2, 0) is 11.3 Å². The molecular formula is C21H24FN7O3. The van der Waals surface area contributed by atoms with Crippen molar-refractivity contribution in [3.63, 3.8) is 0 Å². The summed E-state index contributed by atoms with van der Waals surface area (Å²) in [5, 5.41) is 9.58. The molecule has 1 aliphatic heterocycles. The van der Waals surface area contributed by atoms with Crippen molar-refractivity contribution in [1.82, 2.24) is 30.2 Å². The standard InChI is InChI=1S/C16H14FN5O2.C5H10N2O/c1-9-5-11(3-4-12(9)17)7-18-15(24)13-6-14(10(2)23)22-16(21-13)19-8-20-22;6-5(8)4-2-1-3-7-4/h3-6,8H,7H2,1-2H3,(H,18,24);4,7H,1-3H2,(H2,6,8)/t;4-/m.1/s1. The van der Waals surface area contributed by atoms with E-state index in [-0.39, 0.29) is 47.3 Å². The lowest BCUT2D eigenvalue weighted by molar-refractivity contribution is -0.119. The molecule has 0 spiro atoms. The van der Waals surface area contributed by atoms with Crippen LogP contribution >= 0.6 is 0 Å². The predicted molar refractivity (Wildman–Crippen MR) is 113 cm³/mol. The molecule has 32 heavy (non-hydrogen) atoms. The largest absolute Gasteiger partial charge is 0.368 e. The van der Waals surface area contributed by atoms with Crippen molar-refractivity contribution in [2.75, 3.05) is 6.54 Å². The molecule has 2 amide bonds.